The molecule has 0 bridgehead atoms. The normalized spacial score (nSPS) is 11.4. The first-order chi connectivity index (χ1) is 49.4. The number of aromatic nitrogens is 8. The predicted molar refractivity (Wildman–Crippen MR) is 334 cm³/mol. The van der Waals surface area contributed by atoms with Gasteiger partial charge in [0.2, 0.25) is 11.1 Å². The summed E-state index contributed by atoms with van der Waals surface area (Å²) in [6, 6.07) is 9.25. The van der Waals surface area contributed by atoms with Crippen molar-refractivity contribution in [3.8, 4) is 0 Å². The molecule has 0 saturated carbocycles. The zero-order valence-corrected chi connectivity index (χ0v) is 57.2. The Morgan fingerprint density at radius 1 is 0.339 bits per heavy atom. The van der Waals surface area contributed by atoms with Gasteiger partial charge in [0.25, 0.3) is 41.5 Å². The van der Waals surface area contributed by atoms with Gasteiger partial charge in [-0.25, -0.2) is 58.5 Å². The van der Waals surface area contributed by atoms with E-state index in [2.05, 4.69) is 25.3 Å². The van der Waals surface area contributed by atoms with Crippen molar-refractivity contribution < 1.29 is 127 Å². The second kappa shape index (κ2) is 39.9. The van der Waals surface area contributed by atoms with E-state index in [9.17, 15) is 156 Å². The molecule has 0 radical (unpaired) electrons. The number of aryl methyl sites for hydroxylation is 10. The molecule has 14 nitrogen and oxygen atoms in total. The SMILES string of the molecule is Cc1c(F)cc(F)cc1C(F)(F)F.Cc1c[nH]c(=O)cc1C(F)(F)F.Cc1c[nH]c(=O)cc1C(F)F.Cc1ccc(F)c(F)c1C(F)(F)F.Cc1ccc(F)cc1C(F)(F)F.Cc1cn(C)c(=O)cc1C(F)(F)F.Cc1cn(C)c(=O)cc1C(F)F.Cc1n[nH]c(=O)cc1C(F)(F)F.Cc1n[nH]c(=O)cc1C(F)F. The number of alkyl halides is 24. The lowest BCUT2D eigenvalue weighted by Gasteiger charge is -2.10. The van der Waals surface area contributed by atoms with Crippen LogP contribution < -0.4 is 33.4 Å². The van der Waals surface area contributed by atoms with Crippen molar-refractivity contribution in [2.45, 2.75) is 119 Å². The molecule has 43 heteroatoms. The number of halogens is 29. The topological polar surface area (TPSA) is 201 Å². The Kier molecular flexibility index (Phi) is 35.2. The van der Waals surface area contributed by atoms with Crippen LogP contribution in [-0.4, -0.2) is 39.5 Å². The lowest BCUT2D eigenvalue weighted by Crippen LogP contribution is -2.20. The van der Waals surface area contributed by atoms with E-state index in [0.29, 0.717) is 47.5 Å². The number of pyridine rings is 4. The highest BCUT2D eigenvalue weighted by molar-refractivity contribution is 5.33. The van der Waals surface area contributed by atoms with Gasteiger partial charge in [-0.3, -0.25) is 28.8 Å². The van der Waals surface area contributed by atoms with Gasteiger partial charge < -0.3 is 19.1 Å². The minimum atomic E-state index is -4.85. The minimum absolute atomic E-state index is 0.0158. The number of benzene rings is 3. The number of hydrogen-bond acceptors (Lipinski definition) is 8. The third kappa shape index (κ3) is 31.5. The molecule has 0 amide bonds. The second-order valence-electron chi connectivity index (χ2n) is 22.0. The van der Waals surface area contributed by atoms with Gasteiger partial charge in [0, 0.05) is 98.0 Å². The molecule has 0 fully saturated rings. The summed E-state index contributed by atoms with van der Waals surface area (Å²) in [5, 5.41) is 10.5. The lowest BCUT2D eigenvalue weighted by molar-refractivity contribution is -0.141. The van der Waals surface area contributed by atoms with Crippen LogP contribution in [0.1, 0.15) is 120 Å². The van der Waals surface area contributed by atoms with Crippen LogP contribution in [0.3, 0.4) is 0 Å². The van der Waals surface area contributed by atoms with E-state index in [1.54, 1.807) is 6.92 Å². The number of hydrogen-bond donors (Lipinski definition) is 4. The second-order valence-corrected chi connectivity index (χ2v) is 22.0. The van der Waals surface area contributed by atoms with Crippen LogP contribution in [0.5, 0.6) is 0 Å². The van der Waals surface area contributed by atoms with Crippen molar-refractivity contribution in [3.05, 3.63) is 295 Å². The van der Waals surface area contributed by atoms with Crippen LogP contribution in [0.2, 0.25) is 0 Å². The Morgan fingerprint density at radius 3 is 1.13 bits per heavy atom. The Bertz CT molecular complexity index is 4760. The largest absolute Gasteiger partial charge is 0.419 e. The number of rotatable bonds is 3. The Balaban J connectivity index is 0.000000613. The number of nitrogens with one attached hydrogen (secondary N) is 4. The fourth-order valence-electron chi connectivity index (χ4n) is 8.02. The Morgan fingerprint density at radius 2 is 0.716 bits per heavy atom. The minimum Gasteiger partial charge on any atom is -0.329 e. The van der Waals surface area contributed by atoms with Crippen LogP contribution >= 0.6 is 0 Å². The molecule has 600 valence electrons. The van der Waals surface area contributed by atoms with Gasteiger partial charge in [-0.2, -0.15) is 89.2 Å². The quantitative estimate of drug-likeness (QED) is 0.125. The Labute approximate surface area is 593 Å². The van der Waals surface area contributed by atoms with Gasteiger partial charge in [0.05, 0.1) is 44.8 Å². The van der Waals surface area contributed by atoms with Crippen molar-refractivity contribution in [1.82, 2.24) is 39.5 Å². The zero-order chi connectivity index (χ0) is 84.9. The molecule has 9 aromatic rings. The van der Waals surface area contributed by atoms with E-state index >= 15 is 0 Å². The summed E-state index contributed by atoms with van der Waals surface area (Å²) in [5.74, 6) is -6.61. The van der Waals surface area contributed by atoms with Crippen LogP contribution in [-0.2, 0) is 51.2 Å². The molecule has 0 aliphatic heterocycles. The monoisotopic (exact) mass is 1610 g/mol. The summed E-state index contributed by atoms with van der Waals surface area (Å²) in [6.07, 6.45) is -30.3. The van der Waals surface area contributed by atoms with E-state index in [0.717, 1.165) is 61.0 Å². The molecule has 4 N–H and O–H groups in total. The van der Waals surface area contributed by atoms with Gasteiger partial charge in [0.1, 0.15) is 17.5 Å². The maximum atomic E-state index is 12.7. The average molecular weight is 1610 g/mol. The first-order valence-corrected chi connectivity index (χ1v) is 29.2. The van der Waals surface area contributed by atoms with Crippen LogP contribution in [0.25, 0.3) is 0 Å². The van der Waals surface area contributed by atoms with Crippen LogP contribution in [0.15, 0.2) is 132 Å². The third-order valence-corrected chi connectivity index (χ3v) is 13.6. The smallest absolute Gasteiger partial charge is 0.329 e. The molecule has 0 unspecified atom stereocenters. The molecule has 3 aromatic carbocycles. The number of H-pyrrole nitrogens is 4. The average Bonchev–Trinajstić information content (AvgIpc) is 0.819. The molecule has 9 rings (SSSR count). The van der Waals surface area contributed by atoms with Crippen molar-refractivity contribution >= 4 is 0 Å². The Hall–Kier alpha value is -10.8. The van der Waals surface area contributed by atoms with Crippen molar-refractivity contribution in [2.24, 2.45) is 14.1 Å². The number of aromatic amines is 4. The van der Waals surface area contributed by atoms with E-state index in [1.807, 2.05) is 5.10 Å². The van der Waals surface area contributed by atoms with Gasteiger partial charge >= 0.3 is 37.1 Å². The van der Waals surface area contributed by atoms with Crippen molar-refractivity contribution in [1.29, 1.82) is 0 Å². The summed E-state index contributed by atoms with van der Waals surface area (Å²) >= 11 is 0. The molecule has 0 spiro atoms. The van der Waals surface area contributed by atoms with Gasteiger partial charge in [-0.1, -0.05) is 12.1 Å². The molecule has 0 atom stereocenters. The fourth-order valence-corrected chi connectivity index (χ4v) is 8.02. The highest BCUT2D eigenvalue weighted by Gasteiger charge is 2.39. The van der Waals surface area contributed by atoms with Gasteiger partial charge in [-0.15, -0.1) is 0 Å². The summed E-state index contributed by atoms with van der Waals surface area (Å²) in [7, 11) is 2.94. The summed E-state index contributed by atoms with van der Waals surface area (Å²) < 4.78 is 355. The first kappa shape index (κ1) is 96.2. The fraction of sp³-hybridized carbons (Fsp3) is 0.303. The highest BCUT2D eigenvalue weighted by Crippen LogP contribution is 2.37. The summed E-state index contributed by atoms with van der Waals surface area (Å²) in [5.41, 5.74) is -11.0. The zero-order valence-electron chi connectivity index (χ0n) is 57.2. The van der Waals surface area contributed by atoms with Crippen molar-refractivity contribution in [3.63, 3.8) is 0 Å². The van der Waals surface area contributed by atoms with Gasteiger partial charge in [0.15, 0.2) is 11.6 Å². The lowest BCUT2D eigenvalue weighted by atomic mass is 10.1. The van der Waals surface area contributed by atoms with E-state index < -0.39 is 158 Å². The molecule has 109 heavy (non-hydrogen) atoms. The summed E-state index contributed by atoms with van der Waals surface area (Å²) in [6.45, 7) is 11.6. The molecular formula is C66H57F29N8O6. The van der Waals surface area contributed by atoms with Gasteiger partial charge in [-0.05, 0) is 126 Å². The first-order valence-electron chi connectivity index (χ1n) is 29.2. The third-order valence-electron chi connectivity index (χ3n) is 13.6. The van der Waals surface area contributed by atoms with Crippen LogP contribution in [0.4, 0.5) is 127 Å². The molecule has 6 aromatic heterocycles. The highest BCUT2D eigenvalue weighted by atomic mass is 19.4. The maximum absolute atomic E-state index is 12.7. The molecular weight excluding hydrogens is 1550 g/mol. The standard InChI is InChI=1S/2C8H5F5.C8H6F4.C8H8F3NO.C8H9F2NO.C7H6F3NO.C7H7F2NO.C6H5F3N2O.C6H6F2N2O/c1-4-6(8(11,12)13)2-5(9)3-7(4)10;1-4-2-3-5(9)7(10)6(4)8(11,12)13;1-5-2-3-6(9)4-7(5)8(10,11)12;1-5-4-12(2)7(13)3-6(5)8(9,10)11;1-5-4-11(2)7(12)3-6(5)8(9)10;1-4-3-11-6(12)2-5(4)7(8,9)10;1-4-3-10-6(11)2-5(4)7(8)9;1-3-4(6(7,8)9)2-5(12)11-10-3;1-3-4(6(7)8)2-5(11)10-9-3/h2*2-3H,1H3;2-4H,1H3;3-4H,1-2H3;3-4,8H,1-2H3;2-3H,1H3,(H,11,12);2-3,7H,1H3,(H,10,11);2H,1H3,(H,11,12);2,6H,1H3,(H,10,11). The molecule has 0 aliphatic rings. The molecule has 0 aliphatic carbocycles. The molecule has 6 heterocycles. The van der Waals surface area contributed by atoms with Crippen molar-refractivity contribution in [2.75, 3.05) is 0 Å². The maximum Gasteiger partial charge on any atom is 0.419 e. The van der Waals surface area contributed by atoms with E-state index in [1.165, 1.54) is 78.8 Å². The number of nitrogens with zero attached hydrogens (tertiary/aromatic N) is 4. The summed E-state index contributed by atoms with van der Waals surface area (Å²) in [4.78, 5) is 68.3. The van der Waals surface area contributed by atoms with E-state index in [4.69, 9.17) is 0 Å². The van der Waals surface area contributed by atoms with Crippen LogP contribution in [0, 0.1) is 91.4 Å². The molecule has 0 saturated heterocycles. The van der Waals surface area contributed by atoms with E-state index in [-0.39, 0.29) is 56.4 Å². The predicted octanol–water partition coefficient (Wildman–Crippen LogP) is 18.5.